The molecule has 0 unspecified atom stereocenters. The maximum atomic E-state index is 13.2. The number of nitrogens with zero attached hydrogens (tertiary/aromatic N) is 2. The molecule has 1 aliphatic heterocycles. The number of benzene rings is 2. The molecule has 1 aromatic heterocycles. The average Bonchev–Trinajstić information content (AvgIpc) is 2.79. The highest BCUT2D eigenvalue weighted by atomic mass is 32.3. The monoisotopic (exact) mass is 471 g/mol. The molecule has 0 radical (unpaired) electrons. The number of carbonyl (C=O) groups is 1. The lowest BCUT2D eigenvalue weighted by Crippen LogP contribution is -2.44. The molecule has 2 heterocycles. The van der Waals surface area contributed by atoms with E-state index in [0.29, 0.717) is 5.56 Å². The summed E-state index contributed by atoms with van der Waals surface area (Å²) in [5.41, 5.74) is -0.112. The van der Waals surface area contributed by atoms with Crippen LogP contribution in [-0.4, -0.2) is 29.9 Å². The molecule has 1 amide bonds. The Kier molecular flexibility index (Phi) is 6.07. The Morgan fingerprint density at radius 2 is 1.73 bits per heavy atom. The number of amides is 1. The summed E-state index contributed by atoms with van der Waals surface area (Å²) in [6.45, 7) is 0.0900. The first kappa shape index (κ1) is 22.7. The van der Waals surface area contributed by atoms with E-state index in [2.05, 4.69) is 5.32 Å². The van der Waals surface area contributed by atoms with Crippen LogP contribution in [0.1, 0.15) is 16.7 Å². The van der Waals surface area contributed by atoms with E-state index < -0.39 is 39.3 Å². The molecule has 0 atom stereocenters. The largest absolute Gasteiger partial charge is 0.348 e. The summed E-state index contributed by atoms with van der Waals surface area (Å²) < 4.78 is 36.6. The first-order chi connectivity index (χ1) is 15.7. The Balaban J connectivity index is 1.71. The topological polar surface area (TPSA) is 114 Å². The number of carbonyl (C=O) groups excluding carboxylic acids is 1. The van der Waals surface area contributed by atoms with Crippen molar-refractivity contribution in [3.8, 4) is 0 Å². The fourth-order valence-electron chi connectivity index (χ4n) is 3.73. The maximum absolute atomic E-state index is 13.2. The van der Waals surface area contributed by atoms with Gasteiger partial charge in [0.05, 0.1) is 17.9 Å². The third-order valence-electron chi connectivity index (χ3n) is 5.35. The quantitative estimate of drug-likeness (QED) is 0.495. The maximum Gasteiger partial charge on any atom is 0.332 e. The molecule has 0 bridgehead atoms. The molecular weight excluding hydrogens is 449 g/mol. The Morgan fingerprint density at radius 3 is 2.39 bits per heavy atom. The van der Waals surface area contributed by atoms with Crippen molar-refractivity contribution in [2.45, 2.75) is 18.1 Å². The zero-order valence-corrected chi connectivity index (χ0v) is 18.5. The van der Waals surface area contributed by atoms with E-state index in [1.165, 1.54) is 37.4 Å². The second-order valence-corrected chi connectivity index (χ2v) is 9.74. The van der Waals surface area contributed by atoms with Crippen molar-refractivity contribution in [2.24, 2.45) is 7.05 Å². The summed E-state index contributed by atoms with van der Waals surface area (Å²) in [5, 5.41) is 2.46. The molecule has 3 aromatic rings. The molecule has 1 aliphatic rings. The van der Waals surface area contributed by atoms with Crippen molar-refractivity contribution < 1.29 is 18.3 Å². The van der Waals surface area contributed by atoms with Gasteiger partial charge in [0.25, 0.3) is 5.56 Å². The number of fused-ring (bicyclic) bond motifs is 1. The van der Waals surface area contributed by atoms with Crippen LogP contribution in [0.5, 0.6) is 0 Å². The third-order valence-corrected chi connectivity index (χ3v) is 7.18. The minimum atomic E-state index is -3.62. The molecule has 2 aromatic carbocycles. The van der Waals surface area contributed by atoms with Crippen LogP contribution in [0.4, 0.5) is 4.39 Å². The molecule has 8 nitrogen and oxygen atoms in total. The highest BCUT2D eigenvalue weighted by molar-refractivity contribution is 8.24. The summed E-state index contributed by atoms with van der Waals surface area (Å²) in [4.78, 5) is 38.8. The number of hydrogen-bond donors (Lipinski definition) is 3. The Hall–Kier alpha value is -3.47. The predicted octanol–water partition coefficient (Wildman–Crippen LogP) is 2.56. The van der Waals surface area contributed by atoms with Crippen LogP contribution < -0.4 is 16.6 Å². The van der Waals surface area contributed by atoms with Crippen molar-refractivity contribution in [1.29, 1.82) is 0 Å². The summed E-state index contributed by atoms with van der Waals surface area (Å²) in [6, 6.07) is 14.5. The second-order valence-electron chi connectivity index (χ2n) is 7.73. The fourth-order valence-corrected chi connectivity index (χ4v) is 5.53. The number of hydrogen-bond acceptors (Lipinski definition) is 5. The Bertz CT molecular complexity index is 1360. The first-order valence-corrected chi connectivity index (χ1v) is 11.8. The van der Waals surface area contributed by atoms with Gasteiger partial charge in [-0.2, -0.15) is 0 Å². The van der Waals surface area contributed by atoms with E-state index in [9.17, 15) is 27.9 Å². The summed E-state index contributed by atoms with van der Waals surface area (Å²) >= 11 is 0. The van der Waals surface area contributed by atoms with Crippen molar-refractivity contribution in [3.63, 3.8) is 0 Å². The van der Waals surface area contributed by atoms with Gasteiger partial charge < -0.3 is 5.32 Å². The molecule has 4 rings (SSSR count). The van der Waals surface area contributed by atoms with Crippen LogP contribution in [0.15, 0.2) is 74.8 Å². The molecule has 3 N–H and O–H groups in total. The lowest BCUT2D eigenvalue weighted by molar-refractivity contribution is -0.117. The van der Waals surface area contributed by atoms with Crippen LogP contribution in [0, 0.1) is 5.82 Å². The van der Waals surface area contributed by atoms with Crippen LogP contribution >= 0.6 is 10.6 Å². The van der Waals surface area contributed by atoms with Gasteiger partial charge in [0, 0.05) is 19.2 Å². The van der Waals surface area contributed by atoms with Gasteiger partial charge >= 0.3 is 5.69 Å². The van der Waals surface area contributed by atoms with Crippen LogP contribution in [0.3, 0.4) is 0 Å². The standard InChI is InChI=1S/C23H22FN3O5S/c1-26-22-19(21(29)27(23(26)30)13-16-5-3-2-4-6-16)11-17(14-33(22,31)32)20(28)25-12-15-7-9-18(24)10-8-15/h2-11,31-32H,12-14H2,1H3,(H,25,28). The predicted molar refractivity (Wildman–Crippen MR) is 124 cm³/mol. The van der Waals surface area contributed by atoms with E-state index in [1.807, 2.05) is 6.07 Å². The van der Waals surface area contributed by atoms with E-state index >= 15 is 0 Å². The van der Waals surface area contributed by atoms with Crippen molar-refractivity contribution >= 4 is 22.6 Å². The minimum absolute atomic E-state index is 0.00124. The number of aromatic nitrogens is 2. The second kappa shape index (κ2) is 8.81. The number of nitrogens with one attached hydrogen (secondary N) is 1. The average molecular weight is 472 g/mol. The van der Waals surface area contributed by atoms with Gasteiger partial charge in [-0.25, -0.2) is 9.18 Å². The highest BCUT2D eigenvalue weighted by Gasteiger charge is 2.34. The molecule has 0 aliphatic carbocycles. The molecular formula is C23H22FN3O5S. The molecule has 172 valence electrons. The van der Waals surface area contributed by atoms with Crippen molar-refractivity contribution in [3.05, 3.63) is 104 Å². The molecule has 0 spiro atoms. The molecule has 33 heavy (non-hydrogen) atoms. The van der Waals surface area contributed by atoms with Crippen LogP contribution in [0.25, 0.3) is 6.08 Å². The van der Waals surface area contributed by atoms with Crippen LogP contribution in [-0.2, 0) is 24.9 Å². The lowest BCUT2D eigenvalue weighted by Gasteiger charge is -2.37. The molecule has 0 saturated heterocycles. The normalized spacial score (nSPS) is 15.3. The van der Waals surface area contributed by atoms with Gasteiger partial charge in [0.15, 0.2) is 0 Å². The van der Waals surface area contributed by atoms with E-state index in [1.54, 1.807) is 24.3 Å². The van der Waals surface area contributed by atoms with Gasteiger partial charge in [-0.05, 0) is 29.3 Å². The zero-order valence-electron chi connectivity index (χ0n) is 17.7. The summed E-state index contributed by atoms with van der Waals surface area (Å²) in [6.07, 6.45) is 1.30. The fraction of sp³-hybridized carbons (Fsp3) is 0.174. The first-order valence-electron chi connectivity index (χ1n) is 10.0. The van der Waals surface area contributed by atoms with Gasteiger partial charge in [-0.1, -0.05) is 42.5 Å². The summed E-state index contributed by atoms with van der Waals surface area (Å²) in [5.74, 6) is -1.42. The van der Waals surface area contributed by atoms with Crippen LogP contribution in [0.2, 0.25) is 0 Å². The van der Waals surface area contributed by atoms with Gasteiger partial charge in [-0.3, -0.25) is 27.8 Å². The van der Waals surface area contributed by atoms with Gasteiger partial charge in [0.1, 0.15) is 10.8 Å². The molecule has 0 fully saturated rings. The number of halogens is 1. The van der Waals surface area contributed by atoms with E-state index in [-0.39, 0.29) is 29.3 Å². The summed E-state index contributed by atoms with van der Waals surface area (Å²) in [7, 11) is -2.25. The Labute approximate surface area is 190 Å². The smallest absolute Gasteiger partial charge is 0.332 e. The van der Waals surface area contributed by atoms with Crippen molar-refractivity contribution in [2.75, 3.05) is 5.75 Å². The van der Waals surface area contributed by atoms with Gasteiger partial charge in [-0.15, -0.1) is 10.6 Å². The number of rotatable bonds is 5. The van der Waals surface area contributed by atoms with Crippen molar-refractivity contribution in [1.82, 2.24) is 14.5 Å². The van der Waals surface area contributed by atoms with Gasteiger partial charge in [0.2, 0.25) is 5.91 Å². The zero-order chi connectivity index (χ0) is 23.8. The SMILES string of the molecule is Cn1c2c(c(=O)n(Cc3ccccc3)c1=O)C=C(C(=O)NCc1ccc(F)cc1)CS2(O)O. The Morgan fingerprint density at radius 1 is 1.06 bits per heavy atom. The van der Waals surface area contributed by atoms with E-state index in [0.717, 1.165) is 14.7 Å². The molecule has 0 saturated carbocycles. The molecule has 10 heteroatoms. The van der Waals surface area contributed by atoms with E-state index in [4.69, 9.17) is 0 Å². The highest BCUT2D eigenvalue weighted by Crippen LogP contribution is 2.52. The third kappa shape index (κ3) is 4.54. The lowest BCUT2D eigenvalue weighted by atomic mass is 10.1. The minimum Gasteiger partial charge on any atom is -0.348 e.